The van der Waals surface area contributed by atoms with Crippen LogP contribution >= 0.6 is 0 Å². The number of nitrogens with zero attached hydrogens (tertiary/aromatic N) is 2. The lowest BCUT2D eigenvalue weighted by atomic mass is 10.1. The molecule has 124 valence electrons. The molecule has 24 heavy (non-hydrogen) atoms. The number of carbonyl (C=O) groups is 1. The number of amides is 1. The molecule has 3 aromatic rings. The first-order valence-corrected chi connectivity index (χ1v) is 7.94. The van der Waals surface area contributed by atoms with Gasteiger partial charge in [0.2, 0.25) is 5.56 Å². The van der Waals surface area contributed by atoms with Crippen molar-refractivity contribution < 1.29 is 4.79 Å². The first-order valence-electron chi connectivity index (χ1n) is 7.94. The lowest BCUT2D eigenvalue weighted by Gasteiger charge is -2.12. The van der Waals surface area contributed by atoms with Gasteiger partial charge in [-0.15, -0.1) is 0 Å². The molecule has 0 saturated carbocycles. The highest BCUT2D eigenvalue weighted by molar-refractivity contribution is 6.05. The van der Waals surface area contributed by atoms with Gasteiger partial charge in [0.15, 0.2) is 0 Å². The lowest BCUT2D eigenvalue weighted by molar-refractivity contribution is 0.0951. The number of benzene rings is 1. The van der Waals surface area contributed by atoms with Gasteiger partial charge in [0.1, 0.15) is 0 Å². The molecule has 0 saturated heterocycles. The van der Waals surface area contributed by atoms with Crippen LogP contribution in [-0.2, 0) is 13.1 Å². The van der Waals surface area contributed by atoms with E-state index in [4.69, 9.17) is 0 Å². The third-order valence-electron chi connectivity index (χ3n) is 3.79. The number of carbonyl (C=O) groups excluding carboxylic acids is 1. The van der Waals surface area contributed by atoms with Crippen LogP contribution in [0.3, 0.4) is 0 Å². The van der Waals surface area contributed by atoms with E-state index in [0.29, 0.717) is 23.5 Å². The van der Waals surface area contributed by atoms with Crippen molar-refractivity contribution >= 4 is 16.8 Å². The van der Waals surface area contributed by atoms with Gasteiger partial charge in [0.05, 0.1) is 24.1 Å². The summed E-state index contributed by atoms with van der Waals surface area (Å²) in [5, 5.41) is 3.61. The largest absolute Gasteiger partial charge is 0.346 e. The Bertz CT molecular complexity index is 924. The summed E-state index contributed by atoms with van der Waals surface area (Å²) in [6.07, 6.45) is 3.52. The van der Waals surface area contributed by atoms with Gasteiger partial charge in [-0.3, -0.25) is 9.59 Å². The number of H-pyrrole nitrogens is 1. The molecule has 0 atom stereocenters. The van der Waals surface area contributed by atoms with Gasteiger partial charge < -0.3 is 14.9 Å². The summed E-state index contributed by atoms with van der Waals surface area (Å²) in [5.74, 6) is 0.222. The first kappa shape index (κ1) is 16.0. The van der Waals surface area contributed by atoms with E-state index in [2.05, 4.69) is 29.1 Å². The smallest absolute Gasteiger partial charge is 0.252 e. The number of nitrogens with one attached hydrogen (secondary N) is 2. The van der Waals surface area contributed by atoms with Gasteiger partial charge in [-0.25, -0.2) is 4.98 Å². The Morgan fingerprint density at radius 2 is 2.12 bits per heavy atom. The van der Waals surface area contributed by atoms with Crippen LogP contribution < -0.4 is 10.9 Å². The van der Waals surface area contributed by atoms with Crippen molar-refractivity contribution in [3.8, 4) is 0 Å². The van der Waals surface area contributed by atoms with E-state index in [0.717, 1.165) is 17.6 Å². The minimum absolute atomic E-state index is 0.269. The summed E-state index contributed by atoms with van der Waals surface area (Å²) in [7, 11) is 0. The molecule has 0 aliphatic carbocycles. The molecule has 0 fully saturated rings. The number of pyridine rings is 1. The topological polar surface area (TPSA) is 79.8 Å². The number of imidazole rings is 1. The van der Waals surface area contributed by atoms with E-state index >= 15 is 0 Å². The molecule has 1 aromatic carbocycles. The normalized spacial score (nSPS) is 11.1. The Balaban J connectivity index is 1.81. The fourth-order valence-corrected chi connectivity index (χ4v) is 2.71. The molecule has 6 nitrogen and oxygen atoms in total. The SMILES string of the molecule is CC(C)Cn1cncc1CNC(=O)c1cc(=O)[nH]c2ccccc12. The van der Waals surface area contributed by atoms with Crippen LogP contribution in [0.4, 0.5) is 0 Å². The first-order chi connectivity index (χ1) is 11.5. The zero-order valence-corrected chi connectivity index (χ0v) is 13.7. The molecule has 0 aliphatic heterocycles. The summed E-state index contributed by atoms with van der Waals surface area (Å²) < 4.78 is 2.03. The van der Waals surface area contributed by atoms with Crippen molar-refractivity contribution in [2.24, 2.45) is 5.92 Å². The third kappa shape index (κ3) is 3.37. The maximum absolute atomic E-state index is 12.5. The van der Waals surface area contributed by atoms with Crippen LogP contribution in [0.25, 0.3) is 10.9 Å². The van der Waals surface area contributed by atoms with Gasteiger partial charge in [-0.05, 0) is 12.0 Å². The number of aromatic nitrogens is 3. The van der Waals surface area contributed by atoms with E-state index in [9.17, 15) is 9.59 Å². The Morgan fingerprint density at radius 1 is 1.33 bits per heavy atom. The monoisotopic (exact) mass is 324 g/mol. The molecular weight excluding hydrogens is 304 g/mol. The standard InChI is InChI=1S/C18H20N4O2/c1-12(2)10-22-11-19-8-13(22)9-20-18(24)15-7-17(23)21-16-6-4-3-5-14(15)16/h3-8,11-12H,9-10H2,1-2H3,(H,20,24)(H,21,23). The van der Waals surface area contributed by atoms with Crippen LogP contribution in [0.2, 0.25) is 0 Å². The van der Waals surface area contributed by atoms with Crippen LogP contribution in [0.1, 0.15) is 29.9 Å². The van der Waals surface area contributed by atoms with Gasteiger partial charge >= 0.3 is 0 Å². The van der Waals surface area contributed by atoms with E-state index in [-0.39, 0.29) is 11.5 Å². The molecule has 1 amide bonds. The second kappa shape index (κ2) is 6.70. The molecule has 6 heteroatoms. The summed E-state index contributed by atoms with van der Waals surface area (Å²) in [6.45, 7) is 5.47. The molecular formula is C18H20N4O2. The highest BCUT2D eigenvalue weighted by atomic mass is 16.2. The van der Waals surface area contributed by atoms with Crippen molar-refractivity contribution in [1.29, 1.82) is 0 Å². The van der Waals surface area contributed by atoms with Gasteiger partial charge in [-0.2, -0.15) is 0 Å². The summed E-state index contributed by atoms with van der Waals surface area (Å²) in [5.41, 5.74) is 1.68. The van der Waals surface area contributed by atoms with Crippen LogP contribution in [-0.4, -0.2) is 20.4 Å². The predicted octanol–water partition coefficient (Wildman–Crippen LogP) is 2.31. The van der Waals surface area contributed by atoms with Gasteiger partial charge in [0.25, 0.3) is 5.91 Å². The Kier molecular flexibility index (Phi) is 4.46. The maximum atomic E-state index is 12.5. The van der Waals surface area contributed by atoms with Crippen molar-refractivity contribution in [3.63, 3.8) is 0 Å². The van der Waals surface area contributed by atoms with Crippen molar-refractivity contribution in [2.45, 2.75) is 26.9 Å². The van der Waals surface area contributed by atoms with Crippen molar-refractivity contribution in [2.75, 3.05) is 0 Å². The fraction of sp³-hybridized carbons (Fsp3) is 0.278. The second-order valence-electron chi connectivity index (χ2n) is 6.21. The number of para-hydroxylation sites is 1. The number of fused-ring (bicyclic) bond motifs is 1. The molecule has 2 N–H and O–H groups in total. The molecule has 2 heterocycles. The summed E-state index contributed by atoms with van der Waals surface area (Å²) in [4.78, 5) is 31.2. The molecule has 0 aliphatic rings. The Hall–Kier alpha value is -2.89. The van der Waals surface area contributed by atoms with Crippen molar-refractivity contribution in [3.05, 3.63) is 64.5 Å². The number of hydrogen-bond acceptors (Lipinski definition) is 3. The minimum Gasteiger partial charge on any atom is -0.346 e. The summed E-state index contributed by atoms with van der Waals surface area (Å²) >= 11 is 0. The van der Waals surface area contributed by atoms with Crippen molar-refractivity contribution in [1.82, 2.24) is 19.9 Å². The molecule has 2 aromatic heterocycles. The zero-order chi connectivity index (χ0) is 17.1. The third-order valence-corrected chi connectivity index (χ3v) is 3.79. The maximum Gasteiger partial charge on any atom is 0.252 e. The van der Waals surface area contributed by atoms with Gasteiger partial charge in [0, 0.05) is 29.7 Å². The van der Waals surface area contributed by atoms with E-state index < -0.39 is 0 Å². The molecule has 0 bridgehead atoms. The van der Waals surface area contributed by atoms with E-state index in [1.165, 1.54) is 6.07 Å². The molecule has 3 rings (SSSR count). The number of rotatable bonds is 5. The van der Waals surface area contributed by atoms with Crippen LogP contribution in [0, 0.1) is 5.92 Å². The van der Waals surface area contributed by atoms with E-state index in [1.807, 2.05) is 22.8 Å². The average molecular weight is 324 g/mol. The molecule has 0 radical (unpaired) electrons. The average Bonchev–Trinajstić information content (AvgIpc) is 2.98. The molecule has 0 spiro atoms. The quantitative estimate of drug-likeness (QED) is 0.756. The fourth-order valence-electron chi connectivity index (χ4n) is 2.71. The zero-order valence-electron chi connectivity index (χ0n) is 13.7. The predicted molar refractivity (Wildman–Crippen MR) is 92.8 cm³/mol. The van der Waals surface area contributed by atoms with Crippen LogP contribution in [0.15, 0.2) is 47.7 Å². The van der Waals surface area contributed by atoms with Gasteiger partial charge in [-0.1, -0.05) is 32.0 Å². The highest BCUT2D eigenvalue weighted by Crippen LogP contribution is 2.14. The summed E-state index contributed by atoms with van der Waals surface area (Å²) in [6, 6.07) is 8.61. The molecule has 0 unspecified atom stereocenters. The minimum atomic E-state index is -0.288. The second-order valence-corrected chi connectivity index (χ2v) is 6.21. The van der Waals surface area contributed by atoms with Crippen LogP contribution in [0.5, 0.6) is 0 Å². The van der Waals surface area contributed by atoms with E-state index in [1.54, 1.807) is 18.6 Å². The Morgan fingerprint density at radius 3 is 2.92 bits per heavy atom. The number of hydrogen-bond donors (Lipinski definition) is 2. The Labute approximate surface area is 139 Å². The highest BCUT2D eigenvalue weighted by Gasteiger charge is 2.12. The number of aromatic amines is 1. The lowest BCUT2D eigenvalue weighted by Crippen LogP contribution is -2.26.